The van der Waals surface area contributed by atoms with Crippen molar-refractivity contribution >= 4 is 5.78 Å². The molecule has 0 heterocycles. The van der Waals surface area contributed by atoms with Gasteiger partial charge in [-0.15, -0.1) is 0 Å². The van der Waals surface area contributed by atoms with Crippen molar-refractivity contribution in [3.63, 3.8) is 0 Å². The fourth-order valence-corrected chi connectivity index (χ4v) is 1.39. The fourth-order valence-electron chi connectivity index (χ4n) is 1.39. The lowest BCUT2D eigenvalue weighted by Gasteiger charge is -2.17. The van der Waals surface area contributed by atoms with Crippen LogP contribution in [-0.4, -0.2) is 5.78 Å². The van der Waals surface area contributed by atoms with Crippen LogP contribution >= 0.6 is 0 Å². The van der Waals surface area contributed by atoms with Gasteiger partial charge in [0, 0.05) is 8.66 Å². The van der Waals surface area contributed by atoms with Crippen molar-refractivity contribution in [2.24, 2.45) is 5.92 Å². The van der Waals surface area contributed by atoms with Gasteiger partial charge < -0.3 is 0 Å². The standard InChI is InChI=1S/C8H14O/c1-7(9)8-5-3-2-4-6-8/h8H,2-6H2,1H3/i1D2. The van der Waals surface area contributed by atoms with Gasteiger partial charge in [0.1, 0.15) is 5.78 Å². The maximum Gasteiger partial charge on any atom is 0.132 e. The molecule has 1 aliphatic rings. The van der Waals surface area contributed by atoms with Gasteiger partial charge in [-0.3, -0.25) is 4.79 Å². The van der Waals surface area contributed by atoms with Crippen molar-refractivity contribution in [2.75, 3.05) is 0 Å². The van der Waals surface area contributed by atoms with Crippen LogP contribution in [0.1, 0.15) is 41.7 Å². The van der Waals surface area contributed by atoms with Crippen LogP contribution in [0, 0.1) is 5.92 Å². The molecule has 0 spiro atoms. The predicted octanol–water partition coefficient (Wildman–Crippen LogP) is 2.16. The molecular weight excluding hydrogens is 112 g/mol. The topological polar surface area (TPSA) is 17.1 Å². The van der Waals surface area contributed by atoms with E-state index in [0.29, 0.717) is 0 Å². The van der Waals surface area contributed by atoms with Crippen LogP contribution < -0.4 is 0 Å². The zero-order valence-corrected chi connectivity index (χ0v) is 5.60. The molecule has 0 aromatic carbocycles. The lowest BCUT2D eigenvalue weighted by Crippen LogP contribution is -2.13. The first kappa shape index (κ1) is 4.48. The van der Waals surface area contributed by atoms with Gasteiger partial charge in [-0.25, -0.2) is 0 Å². The highest BCUT2D eigenvalue weighted by molar-refractivity contribution is 5.78. The van der Waals surface area contributed by atoms with Crippen molar-refractivity contribution in [2.45, 2.75) is 39.0 Å². The first-order valence-corrected chi connectivity index (χ1v) is 3.60. The first-order valence-electron chi connectivity index (χ1n) is 4.75. The second-order valence-corrected chi connectivity index (χ2v) is 2.74. The predicted molar refractivity (Wildman–Crippen MR) is 37.3 cm³/mol. The summed E-state index contributed by atoms with van der Waals surface area (Å²) >= 11 is 0. The van der Waals surface area contributed by atoms with E-state index in [2.05, 4.69) is 0 Å². The number of hydrogen-bond donors (Lipinski definition) is 0. The van der Waals surface area contributed by atoms with Crippen molar-refractivity contribution in [1.82, 2.24) is 0 Å². The number of ketones is 1. The van der Waals surface area contributed by atoms with Crippen LogP contribution in [0.5, 0.6) is 0 Å². The minimum Gasteiger partial charge on any atom is -0.300 e. The van der Waals surface area contributed by atoms with Gasteiger partial charge in [-0.05, 0) is 19.7 Å². The van der Waals surface area contributed by atoms with E-state index in [1.807, 2.05) is 0 Å². The van der Waals surface area contributed by atoms with Gasteiger partial charge in [0.15, 0.2) is 0 Å². The lowest BCUT2D eigenvalue weighted by atomic mass is 9.87. The molecule has 52 valence electrons. The quantitative estimate of drug-likeness (QED) is 0.529. The van der Waals surface area contributed by atoms with Crippen LogP contribution in [-0.2, 0) is 4.79 Å². The van der Waals surface area contributed by atoms with Gasteiger partial charge >= 0.3 is 0 Å². The average molecular weight is 128 g/mol. The fraction of sp³-hybridized carbons (Fsp3) is 0.875. The number of carbonyl (C=O) groups is 1. The molecule has 0 bridgehead atoms. The van der Waals surface area contributed by atoms with E-state index in [-0.39, 0.29) is 11.7 Å². The zero-order valence-electron chi connectivity index (χ0n) is 7.60. The molecule has 0 atom stereocenters. The maximum atomic E-state index is 11.1. The van der Waals surface area contributed by atoms with Crippen molar-refractivity contribution in [3.8, 4) is 0 Å². The monoisotopic (exact) mass is 128 g/mol. The summed E-state index contributed by atoms with van der Waals surface area (Å²) in [7, 11) is 0. The molecule has 1 rings (SSSR count). The zero-order chi connectivity index (χ0) is 8.27. The molecule has 1 fully saturated rings. The summed E-state index contributed by atoms with van der Waals surface area (Å²) in [5.41, 5.74) is 0. The molecule has 0 saturated heterocycles. The second-order valence-electron chi connectivity index (χ2n) is 2.74. The van der Waals surface area contributed by atoms with Crippen LogP contribution in [0.25, 0.3) is 0 Å². The number of Topliss-reactive ketones (excluding diaryl/α,β-unsaturated/α-hetero) is 1. The van der Waals surface area contributed by atoms with Gasteiger partial charge in [-0.1, -0.05) is 19.3 Å². The normalized spacial score (nSPS) is 25.4. The summed E-state index contributed by atoms with van der Waals surface area (Å²) < 4.78 is 13.9. The Morgan fingerprint density at radius 3 is 2.67 bits per heavy atom. The highest BCUT2D eigenvalue weighted by Crippen LogP contribution is 2.23. The van der Waals surface area contributed by atoms with E-state index in [1.54, 1.807) is 0 Å². The minimum atomic E-state index is -1.25. The SMILES string of the molecule is [2H]C([2H])C(=O)C1CCCCC1. The molecule has 0 unspecified atom stereocenters. The van der Waals surface area contributed by atoms with Crippen LogP contribution in [0.3, 0.4) is 0 Å². The van der Waals surface area contributed by atoms with Crippen molar-refractivity contribution < 1.29 is 7.54 Å². The second kappa shape index (κ2) is 3.00. The first-order chi connectivity index (χ1) is 5.22. The minimum absolute atomic E-state index is 0.0312. The van der Waals surface area contributed by atoms with E-state index in [1.165, 1.54) is 6.42 Å². The molecule has 0 aliphatic heterocycles. The third-order valence-corrected chi connectivity index (χ3v) is 2.01. The maximum absolute atomic E-state index is 11.1. The highest BCUT2D eigenvalue weighted by atomic mass is 16.1. The van der Waals surface area contributed by atoms with E-state index >= 15 is 0 Å². The Morgan fingerprint density at radius 1 is 1.44 bits per heavy atom. The summed E-state index contributed by atoms with van der Waals surface area (Å²) in [5, 5.41) is 0. The van der Waals surface area contributed by atoms with Crippen molar-refractivity contribution in [1.29, 1.82) is 0 Å². The van der Waals surface area contributed by atoms with Gasteiger partial charge in [0.25, 0.3) is 0 Å². The molecule has 9 heavy (non-hydrogen) atoms. The van der Waals surface area contributed by atoms with E-state index in [4.69, 9.17) is 2.74 Å². The highest BCUT2D eigenvalue weighted by Gasteiger charge is 2.16. The van der Waals surface area contributed by atoms with E-state index in [9.17, 15) is 4.79 Å². The lowest BCUT2D eigenvalue weighted by molar-refractivity contribution is -0.121. The van der Waals surface area contributed by atoms with Crippen LogP contribution in [0.2, 0.25) is 0 Å². The number of rotatable bonds is 1. The number of hydrogen-bond acceptors (Lipinski definition) is 1. The largest absolute Gasteiger partial charge is 0.300 e. The summed E-state index contributed by atoms with van der Waals surface area (Å²) in [6.07, 6.45) is 5.23. The molecule has 1 nitrogen and oxygen atoms in total. The van der Waals surface area contributed by atoms with Crippen molar-refractivity contribution in [3.05, 3.63) is 0 Å². The Kier molecular flexibility index (Phi) is 1.49. The molecular formula is C8H14O. The molecule has 0 radical (unpaired) electrons. The Hall–Kier alpha value is -0.330. The molecule has 1 heteroatoms. The smallest absolute Gasteiger partial charge is 0.132 e. The molecule has 1 saturated carbocycles. The van der Waals surface area contributed by atoms with Crippen LogP contribution in [0.4, 0.5) is 0 Å². The summed E-state index contributed by atoms with van der Waals surface area (Å²) in [6, 6.07) is 0. The van der Waals surface area contributed by atoms with Crippen LogP contribution in [0.15, 0.2) is 0 Å². The molecule has 1 aliphatic carbocycles. The Bertz CT molecular complexity index is 139. The average Bonchev–Trinajstić information content (AvgIpc) is 2.05. The third-order valence-electron chi connectivity index (χ3n) is 2.01. The summed E-state index contributed by atoms with van der Waals surface area (Å²) in [4.78, 5) is 11.1. The van der Waals surface area contributed by atoms with E-state index < -0.39 is 6.88 Å². The Labute approximate surface area is 59.3 Å². The summed E-state index contributed by atoms with van der Waals surface area (Å²) in [6.45, 7) is -1.25. The summed E-state index contributed by atoms with van der Waals surface area (Å²) in [5.74, 6) is -0.145. The molecule has 0 aromatic heterocycles. The molecule has 0 aromatic rings. The molecule has 0 N–H and O–H groups in total. The van der Waals surface area contributed by atoms with E-state index in [0.717, 1.165) is 25.7 Å². The Balaban J connectivity index is 2.39. The molecule has 0 amide bonds. The van der Waals surface area contributed by atoms with Gasteiger partial charge in [0.05, 0.1) is 0 Å². The third kappa shape index (κ3) is 1.81. The van der Waals surface area contributed by atoms with Gasteiger partial charge in [0.2, 0.25) is 0 Å². The number of carbonyl (C=O) groups excluding carboxylic acids is 1. The Morgan fingerprint density at radius 2 is 2.11 bits per heavy atom. The van der Waals surface area contributed by atoms with Gasteiger partial charge in [-0.2, -0.15) is 0 Å².